The summed E-state index contributed by atoms with van der Waals surface area (Å²) in [4.78, 5) is -0.157. The molecule has 0 aromatic heterocycles. The fourth-order valence-corrected chi connectivity index (χ4v) is 5.62. The van der Waals surface area contributed by atoms with E-state index in [0.717, 1.165) is 0 Å². The minimum atomic E-state index is -3.91. The minimum Gasteiger partial charge on any atom is -0.392 e. The van der Waals surface area contributed by atoms with Gasteiger partial charge in [0.2, 0.25) is 10.0 Å². The number of sulfonamides is 1. The van der Waals surface area contributed by atoms with Crippen LogP contribution in [0.25, 0.3) is 0 Å². The van der Waals surface area contributed by atoms with Crippen LogP contribution in [0.1, 0.15) is 12.0 Å². The Bertz CT molecular complexity index is 714. The molecule has 1 fully saturated rings. The summed E-state index contributed by atoms with van der Waals surface area (Å²) in [6.07, 6.45) is 0.249. The molecule has 0 amide bonds. The van der Waals surface area contributed by atoms with Crippen LogP contribution in [0, 0.1) is 0 Å². The number of halogens is 1. The molecular formula is C11H14ClNO5S2. The van der Waals surface area contributed by atoms with Gasteiger partial charge in [0.15, 0.2) is 9.84 Å². The number of aliphatic hydroxyl groups excluding tert-OH is 1. The lowest BCUT2D eigenvalue weighted by Crippen LogP contribution is -2.35. The smallest absolute Gasteiger partial charge is 0.242 e. The molecule has 9 heteroatoms. The Hall–Kier alpha value is -0.670. The highest BCUT2D eigenvalue weighted by molar-refractivity contribution is 7.92. The Morgan fingerprint density at radius 2 is 2.10 bits per heavy atom. The molecule has 0 spiro atoms. The topological polar surface area (TPSA) is 101 Å². The van der Waals surface area contributed by atoms with Crippen LogP contribution in [0.2, 0.25) is 5.02 Å². The van der Waals surface area contributed by atoms with Crippen molar-refractivity contribution in [1.29, 1.82) is 0 Å². The lowest BCUT2D eigenvalue weighted by Gasteiger charge is -2.13. The molecule has 0 radical (unpaired) electrons. The molecule has 1 heterocycles. The van der Waals surface area contributed by atoms with Crippen molar-refractivity contribution in [2.45, 2.75) is 24.0 Å². The summed E-state index contributed by atoms with van der Waals surface area (Å²) in [5.74, 6) is -0.228. The highest BCUT2D eigenvalue weighted by Gasteiger charge is 2.32. The van der Waals surface area contributed by atoms with Gasteiger partial charge < -0.3 is 5.11 Å². The molecule has 0 saturated carbocycles. The molecule has 20 heavy (non-hydrogen) atoms. The first kappa shape index (κ1) is 15.7. The zero-order chi connectivity index (χ0) is 15.0. The van der Waals surface area contributed by atoms with Crippen LogP contribution in [-0.2, 0) is 26.5 Å². The van der Waals surface area contributed by atoms with Crippen molar-refractivity contribution in [3.05, 3.63) is 28.8 Å². The first-order valence-electron chi connectivity index (χ1n) is 5.85. The quantitative estimate of drug-likeness (QED) is 0.821. The molecule has 1 aromatic rings. The van der Waals surface area contributed by atoms with Crippen LogP contribution < -0.4 is 4.72 Å². The summed E-state index contributed by atoms with van der Waals surface area (Å²) in [6.45, 7) is -0.308. The number of benzene rings is 1. The van der Waals surface area contributed by atoms with E-state index in [1.165, 1.54) is 18.2 Å². The molecule has 1 aliphatic heterocycles. The van der Waals surface area contributed by atoms with E-state index < -0.39 is 25.9 Å². The predicted molar refractivity (Wildman–Crippen MR) is 74.8 cm³/mol. The monoisotopic (exact) mass is 339 g/mol. The molecule has 0 aliphatic carbocycles. The van der Waals surface area contributed by atoms with E-state index in [0.29, 0.717) is 5.56 Å². The highest BCUT2D eigenvalue weighted by Crippen LogP contribution is 2.24. The SMILES string of the molecule is O=S1(=O)CCC(NS(=O)(=O)c2cc(CO)ccc2Cl)C1. The van der Waals surface area contributed by atoms with Gasteiger partial charge in [-0.25, -0.2) is 21.6 Å². The molecule has 2 rings (SSSR count). The number of hydrogen-bond acceptors (Lipinski definition) is 5. The lowest BCUT2D eigenvalue weighted by atomic mass is 10.2. The Labute approximate surface area is 122 Å². The Balaban J connectivity index is 2.27. The summed E-state index contributed by atoms with van der Waals surface area (Å²) in [5.41, 5.74) is 0.411. The van der Waals surface area contributed by atoms with Gasteiger partial charge in [-0.15, -0.1) is 0 Å². The van der Waals surface area contributed by atoms with Crippen molar-refractivity contribution >= 4 is 31.5 Å². The first-order chi connectivity index (χ1) is 9.23. The third-order valence-corrected chi connectivity index (χ3v) is 6.79. The van der Waals surface area contributed by atoms with Gasteiger partial charge in [0.1, 0.15) is 4.90 Å². The first-order valence-corrected chi connectivity index (χ1v) is 9.54. The zero-order valence-electron chi connectivity index (χ0n) is 10.4. The standard InChI is InChI=1S/C11H14ClNO5S2/c12-10-2-1-8(6-14)5-11(10)20(17,18)13-9-3-4-19(15,16)7-9/h1-2,5,9,13-14H,3-4,6-7H2. The average Bonchev–Trinajstić information content (AvgIpc) is 2.68. The minimum absolute atomic E-state index is 0.0232. The van der Waals surface area contributed by atoms with Crippen LogP contribution in [0.15, 0.2) is 23.1 Å². The summed E-state index contributed by atoms with van der Waals surface area (Å²) >= 11 is 5.86. The Kier molecular flexibility index (Phi) is 4.41. The second kappa shape index (κ2) is 5.61. The van der Waals surface area contributed by atoms with Gasteiger partial charge in [-0.2, -0.15) is 0 Å². The van der Waals surface area contributed by atoms with E-state index in [1.807, 2.05) is 0 Å². The fourth-order valence-electron chi connectivity index (χ4n) is 2.02. The maximum atomic E-state index is 12.2. The van der Waals surface area contributed by atoms with Crippen molar-refractivity contribution in [2.75, 3.05) is 11.5 Å². The maximum absolute atomic E-state index is 12.2. The summed E-state index contributed by atoms with van der Waals surface area (Å²) in [6, 6.07) is 3.53. The molecule has 112 valence electrons. The molecule has 1 unspecified atom stereocenters. The van der Waals surface area contributed by atoms with E-state index in [1.54, 1.807) is 0 Å². The second-order valence-electron chi connectivity index (χ2n) is 4.64. The van der Waals surface area contributed by atoms with E-state index >= 15 is 0 Å². The van der Waals surface area contributed by atoms with Crippen molar-refractivity contribution < 1.29 is 21.9 Å². The van der Waals surface area contributed by atoms with Crippen molar-refractivity contribution in [3.63, 3.8) is 0 Å². The third kappa shape index (κ3) is 3.50. The van der Waals surface area contributed by atoms with Gasteiger partial charge in [-0.1, -0.05) is 17.7 Å². The fraction of sp³-hybridized carbons (Fsp3) is 0.455. The van der Waals surface area contributed by atoms with E-state index in [4.69, 9.17) is 16.7 Å². The number of aliphatic hydroxyl groups is 1. The van der Waals surface area contributed by atoms with Crippen LogP contribution in [-0.4, -0.2) is 39.5 Å². The van der Waals surface area contributed by atoms with Crippen molar-refractivity contribution in [3.8, 4) is 0 Å². The van der Waals surface area contributed by atoms with Gasteiger partial charge in [0, 0.05) is 6.04 Å². The average molecular weight is 340 g/mol. The lowest BCUT2D eigenvalue weighted by molar-refractivity contribution is 0.281. The molecular weight excluding hydrogens is 326 g/mol. The van der Waals surface area contributed by atoms with Crippen LogP contribution in [0.4, 0.5) is 0 Å². The number of sulfone groups is 1. The molecule has 1 aromatic carbocycles. The predicted octanol–water partition coefficient (Wildman–Crippen LogP) is 0.298. The summed E-state index contributed by atoms with van der Waals surface area (Å²) < 4.78 is 49.5. The van der Waals surface area contributed by atoms with E-state index in [9.17, 15) is 16.8 Å². The maximum Gasteiger partial charge on any atom is 0.242 e. The number of rotatable bonds is 4. The molecule has 2 N–H and O–H groups in total. The molecule has 1 saturated heterocycles. The van der Waals surface area contributed by atoms with Gasteiger partial charge >= 0.3 is 0 Å². The van der Waals surface area contributed by atoms with E-state index in [-0.39, 0.29) is 34.5 Å². The Morgan fingerprint density at radius 1 is 1.40 bits per heavy atom. The Morgan fingerprint density at radius 3 is 2.65 bits per heavy atom. The third-order valence-electron chi connectivity index (χ3n) is 3.02. The van der Waals surface area contributed by atoms with Crippen LogP contribution >= 0.6 is 11.6 Å². The molecule has 1 atom stereocenters. The summed E-state index contributed by atoms with van der Waals surface area (Å²) in [5, 5.41) is 9.06. The number of hydrogen-bond donors (Lipinski definition) is 2. The van der Waals surface area contributed by atoms with Crippen molar-refractivity contribution in [2.24, 2.45) is 0 Å². The molecule has 0 bridgehead atoms. The normalized spacial score (nSPS) is 22.0. The van der Waals surface area contributed by atoms with Gasteiger partial charge in [0.25, 0.3) is 0 Å². The van der Waals surface area contributed by atoms with Crippen LogP contribution in [0.3, 0.4) is 0 Å². The largest absolute Gasteiger partial charge is 0.392 e. The molecule has 6 nitrogen and oxygen atoms in total. The highest BCUT2D eigenvalue weighted by atomic mass is 35.5. The molecule has 1 aliphatic rings. The second-order valence-corrected chi connectivity index (χ2v) is 8.96. The van der Waals surface area contributed by atoms with Gasteiger partial charge in [-0.3, -0.25) is 0 Å². The number of nitrogens with one attached hydrogen (secondary N) is 1. The summed E-state index contributed by atoms with van der Waals surface area (Å²) in [7, 11) is -7.09. The zero-order valence-corrected chi connectivity index (χ0v) is 12.8. The van der Waals surface area contributed by atoms with Gasteiger partial charge in [0.05, 0.1) is 23.1 Å². The van der Waals surface area contributed by atoms with Crippen LogP contribution in [0.5, 0.6) is 0 Å². The van der Waals surface area contributed by atoms with Gasteiger partial charge in [-0.05, 0) is 24.1 Å². The van der Waals surface area contributed by atoms with E-state index in [2.05, 4.69) is 4.72 Å². The van der Waals surface area contributed by atoms with Crippen molar-refractivity contribution in [1.82, 2.24) is 4.72 Å².